The van der Waals surface area contributed by atoms with Gasteiger partial charge in [-0.15, -0.1) is 0 Å². The van der Waals surface area contributed by atoms with E-state index in [9.17, 15) is 31.5 Å². The number of aromatic amines is 1. The Hall–Kier alpha value is -4.83. The Morgan fingerprint density at radius 2 is 1.68 bits per heavy atom. The number of likely N-dealkylation sites (N-methyl/N-ethyl adjacent to an activating group) is 1. The van der Waals surface area contributed by atoms with Crippen molar-refractivity contribution in [3.8, 4) is 0 Å². The molecule has 2 aliphatic heterocycles. The molecular weight excluding hydrogens is 627 g/mol. The molecule has 2 saturated heterocycles. The Labute approximate surface area is 265 Å². The molecule has 2 amide bonds. The van der Waals surface area contributed by atoms with Crippen LogP contribution in [0.15, 0.2) is 48.5 Å². The molecule has 16 heteroatoms. The van der Waals surface area contributed by atoms with Crippen LogP contribution in [-0.4, -0.2) is 90.6 Å². The van der Waals surface area contributed by atoms with E-state index >= 15 is 0 Å². The van der Waals surface area contributed by atoms with Crippen molar-refractivity contribution >= 4 is 51.5 Å². The minimum atomic E-state index is -5.20. The number of carbonyl (C=O) groups excluding carboxylic acids is 2. The van der Waals surface area contributed by atoms with Crippen molar-refractivity contribution in [2.45, 2.75) is 25.1 Å². The van der Waals surface area contributed by atoms with Gasteiger partial charge >= 0.3 is 12.1 Å². The summed E-state index contributed by atoms with van der Waals surface area (Å²) in [5.74, 6) is -4.36. The number of nitrogens with one attached hydrogen (secondary N) is 3. The first kappa shape index (κ1) is 32.1. The Morgan fingerprint density at radius 3 is 2.36 bits per heavy atom. The molecule has 11 nitrogen and oxygen atoms in total. The zero-order valence-electron chi connectivity index (χ0n) is 25.2. The number of hydrogen-bond donors (Lipinski definition) is 3. The summed E-state index contributed by atoms with van der Waals surface area (Å²) in [5, 5.41) is 12.2. The summed E-state index contributed by atoms with van der Waals surface area (Å²) in [4.78, 5) is 36.1. The summed E-state index contributed by atoms with van der Waals surface area (Å²) in [6.07, 6.45) is -4.90. The molecular formula is C31H31F5N8O3. The summed E-state index contributed by atoms with van der Waals surface area (Å²) in [6.45, 7) is 3.00. The van der Waals surface area contributed by atoms with Crippen molar-refractivity contribution < 1.29 is 36.3 Å². The van der Waals surface area contributed by atoms with Crippen LogP contribution >= 0.6 is 0 Å². The monoisotopic (exact) mass is 658 g/mol. The molecule has 0 bridgehead atoms. The number of piperazine rings is 1. The number of rotatable bonds is 7. The average molecular weight is 659 g/mol. The molecule has 2 aromatic heterocycles. The van der Waals surface area contributed by atoms with E-state index in [2.05, 4.69) is 30.7 Å². The normalized spacial score (nSPS) is 16.3. The highest BCUT2D eigenvalue weighted by Gasteiger charge is 2.46. The fraction of sp³-hybridized carbons (Fsp3) is 0.355. The lowest BCUT2D eigenvalue weighted by Crippen LogP contribution is -2.50. The minimum absolute atomic E-state index is 0.0482. The van der Waals surface area contributed by atoms with Crippen LogP contribution in [0, 0.1) is 11.6 Å². The van der Waals surface area contributed by atoms with Crippen LogP contribution in [0.1, 0.15) is 23.2 Å². The van der Waals surface area contributed by atoms with Crippen LogP contribution in [0.25, 0.3) is 11.0 Å². The van der Waals surface area contributed by atoms with Crippen molar-refractivity contribution in [1.29, 1.82) is 0 Å². The molecule has 0 unspecified atom stereocenters. The van der Waals surface area contributed by atoms with Gasteiger partial charge in [0.25, 0.3) is 5.91 Å². The second-order valence-corrected chi connectivity index (χ2v) is 11.4. The predicted molar refractivity (Wildman–Crippen MR) is 165 cm³/mol. The van der Waals surface area contributed by atoms with E-state index in [0.717, 1.165) is 31.3 Å². The molecule has 2 aliphatic rings. The Morgan fingerprint density at radius 1 is 0.979 bits per heavy atom. The predicted octanol–water partition coefficient (Wildman–Crippen LogP) is 5.06. The Balaban J connectivity index is 1.36. The smallest absolute Gasteiger partial charge is 0.381 e. The Kier molecular flexibility index (Phi) is 8.96. The molecule has 0 atom stereocenters. The van der Waals surface area contributed by atoms with Gasteiger partial charge in [-0.1, -0.05) is 0 Å². The van der Waals surface area contributed by atoms with Gasteiger partial charge in [-0.2, -0.15) is 18.3 Å². The molecule has 0 radical (unpaired) electrons. The maximum absolute atomic E-state index is 14.1. The van der Waals surface area contributed by atoms with Crippen LogP contribution in [0.2, 0.25) is 0 Å². The number of H-pyrrole nitrogens is 1. The van der Waals surface area contributed by atoms with Crippen molar-refractivity contribution in [3.63, 3.8) is 0 Å². The van der Waals surface area contributed by atoms with Crippen LogP contribution in [-0.2, 0) is 9.53 Å². The number of fused-ring (bicyclic) bond motifs is 1. The third kappa shape index (κ3) is 7.12. The standard InChI is InChI=1S/C31H31F5N8O3/c1-42-8-10-43(11-9-42)22-2-3-23(25(17-22)44(30(46)31(34,35)36)21-6-12-47-13-7-21)29(45)39-28-27-24(40-41-28)4-5-26(38-27)37-20-15-18(32)14-19(33)16-20/h2-5,14-17,21H,6-13H2,1H3,(H,37,38)(H2,39,40,41,45). The van der Waals surface area contributed by atoms with E-state index in [0.29, 0.717) is 29.2 Å². The zero-order chi connectivity index (χ0) is 33.3. The molecule has 0 saturated carbocycles. The number of carbonyl (C=O) groups is 2. The van der Waals surface area contributed by atoms with E-state index in [4.69, 9.17) is 4.74 Å². The van der Waals surface area contributed by atoms with E-state index in [1.165, 1.54) is 18.2 Å². The molecule has 6 rings (SSSR count). The molecule has 0 spiro atoms. The largest absolute Gasteiger partial charge is 0.471 e. The van der Waals surface area contributed by atoms with Crippen molar-refractivity contribution in [3.05, 3.63) is 65.7 Å². The topological polar surface area (TPSA) is 119 Å². The zero-order valence-corrected chi connectivity index (χ0v) is 25.2. The molecule has 4 heterocycles. The summed E-state index contributed by atoms with van der Waals surface area (Å²) >= 11 is 0. The highest BCUT2D eigenvalue weighted by molar-refractivity contribution is 6.13. The highest BCUT2D eigenvalue weighted by atomic mass is 19.4. The van der Waals surface area contributed by atoms with E-state index < -0.39 is 35.7 Å². The number of pyridine rings is 1. The van der Waals surface area contributed by atoms with Crippen LogP contribution in [0.5, 0.6) is 0 Å². The maximum atomic E-state index is 14.1. The van der Waals surface area contributed by atoms with Gasteiger partial charge in [0.2, 0.25) is 0 Å². The lowest BCUT2D eigenvalue weighted by Gasteiger charge is -2.37. The second-order valence-electron chi connectivity index (χ2n) is 11.4. The number of benzene rings is 2. The van der Waals surface area contributed by atoms with Gasteiger partial charge < -0.3 is 30.1 Å². The van der Waals surface area contributed by atoms with Gasteiger partial charge in [0.05, 0.1) is 16.8 Å². The fourth-order valence-corrected chi connectivity index (χ4v) is 5.73. The molecule has 2 fully saturated rings. The molecule has 0 aliphatic carbocycles. The number of hydrogen-bond acceptors (Lipinski definition) is 8. The molecule has 3 N–H and O–H groups in total. The first-order chi connectivity index (χ1) is 22.5. The molecule has 47 heavy (non-hydrogen) atoms. The lowest BCUT2D eigenvalue weighted by molar-refractivity contribution is -0.171. The van der Waals surface area contributed by atoms with Crippen LogP contribution in [0.3, 0.4) is 0 Å². The summed E-state index contributed by atoms with van der Waals surface area (Å²) in [6, 6.07) is 9.63. The number of nitrogens with zero attached hydrogens (tertiary/aromatic N) is 5. The highest BCUT2D eigenvalue weighted by Crippen LogP contribution is 2.35. The molecule has 248 valence electrons. The van der Waals surface area contributed by atoms with Crippen molar-refractivity contribution in [1.82, 2.24) is 20.1 Å². The first-order valence-corrected chi connectivity index (χ1v) is 14.9. The number of ether oxygens (including phenoxy) is 1. The summed E-state index contributed by atoms with van der Waals surface area (Å²) < 4.78 is 75.0. The van der Waals surface area contributed by atoms with E-state index in [1.54, 1.807) is 12.1 Å². The van der Waals surface area contributed by atoms with E-state index in [1.807, 2.05) is 11.9 Å². The van der Waals surface area contributed by atoms with Crippen LogP contribution in [0.4, 0.5) is 50.6 Å². The van der Waals surface area contributed by atoms with Gasteiger partial charge in [0, 0.05) is 62.9 Å². The third-order valence-electron chi connectivity index (χ3n) is 8.15. The minimum Gasteiger partial charge on any atom is -0.381 e. The fourth-order valence-electron chi connectivity index (χ4n) is 5.73. The van der Waals surface area contributed by atoms with Gasteiger partial charge in [-0.25, -0.2) is 13.8 Å². The molecule has 2 aromatic carbocycles. The number of aromatic nitrogens is 3. The maximum Gasteiger partial charge on any atom is 0.471 e. The second kappa shape index (κ2) is 13.1. The van der Waals surface area contributed by atoms with Gasteiger partial charge in [0.1, 0.15) is 23.0 Å². The molecule has 4 aromatic rings. The quantitative estimate of drug-likeness (QED) is 0.236. The van der Waals surface area contributed by atoms with Gasteiger partial charge in [-0.3, -0.25) is 14.7 Å². The Bertz CT molecular complexity index is 1760. The third-order valence-corrected chi connectivity index (χ3v) is 8.15. The summed E-state index contributed by atoms with van der Waals surface area (Å²) in [7, 11) is 1.97. The van der Waals surface area contributed by atoms with Gasteiger partial charge in [0.15, 0.2) is 5.82 Å². The van der Waals surface area contributed by atoms with Crippen LogP contribution < -0.4 is 20.4 Å². The SMILES string of the molecule is CN1CCN(c2ccc(C(=O)Nc3n[nH]c4ccc(Nc5cc(F)cc(F)c5)nc34)c(N(C(=O)C(F)(F)F)C3CCOCC3)c2)CC1. The van der Waals surface area contributed by atoms with Gasteiger partial charge in [-0.05, 0) is 62.4 Å². The van der Waals surface area contributed by atoms with Crippen molar-refractivity contribution in [2.24, 2.45) is 0 Å². The number of anilines is 5. The number of alkyl halides is 3. The van der Waals surface area contributed by atoms with Crippen molar-refractivity contribution in [2.75, 3.05) is 66.9 Å². The van der Waals surface area contributed by atoms with E-state index in [-0.39, 0.29) is 60.1 Å². The first-order valence-electron chi connectivity index (χ1n) is 14.9. The average Bonchev–Trinajstić information content (AvgIpc) is 3.42. The summed E-state index contributed by atoms with van der Waals surface area (Å²) in [5.41, 5.74) is 0.884. The number of halogens is 5. The number of amides is 2. The lowest BCUT2D eigenvalue weighted by atomic mass is 10.0.